The minimum Gasteiger partial charge on any atom is -0.335 e. The molecule has 1 aromatic carbocycles. The summed E-state index contributed by atoms with van der Waals surface area (Å²) in [4.78, 5) is 21.6. The molecular weight excluding hydrogens is 378 g/mol. The maximum absolute atomic E-state index is 13.1. The lowest BCUT2D eigenvalue weighted by Gasteiger charge is -2.34. The first-order chi connectivity index (χ1) is 14.8. The molecule has 8 nitrogen and oxygen atoms in total. The minimum atomic E-state index is 0.0346. The molecule has 2 aliphatic heterocycles. The first kappa shape index (κ1) is 19.0. The van der Waals surface area contributed by atoms with Crippen molar-refractivity contribution in [3.63, 3.8) is 0 Å². The first-order valence-electron chi connectivity index (χ1n) is 10.8. The molecule has 1 amide bonds. The van der Waals surface area contributed by atoms with Crippen LogP contribution >= 0.6 is 0 Å². The van der Waals surface area contributed by atoms with Gasteiger partial charge in [-0.1, -0.05) is 24.6 Å². The smallest absolute Gasteiger partial charge is 0.272 e. The van der Waals surface area contributed by atoms with Crippen LogP contribution in [0.5, 0.6) is 0 Å². The fourth-order valence-electron chi connectivity index (χ4n) is 4.38. The molecule has 30 heavy (non-hydrogen) atoms. The molecular formula is C22H27N7O. The number of fused-ring (bicyclic) bond motifs is 1. The number of nitrogens with zero attached hydrogens (tertiary/aromatic N) is 7. The van der Waals surface area contributed by atoms with Crippen LogP contribution in [0, 0.1) is 0 Å². The number of hydrogen-bond acceptors (Lipinski definition) is 5. The number of aryl methyl sites for hydroxylation is 1. The lowest BCUT2D eigenvalue weighted by molar-refractivity contribution is 0.0616. The largest absolute Gasteiger partial charge is 0.335 e. The van der Waals surface area contributed by atoms with E-state index < -0.39 is 0 Å². The molecule has 1 saturated heterocycles. The number of hydrogen-bond donors (Lipinski definition) is 0. The van der Waals surface area contributed by atoms with E-state index >= 15 is 0 Å². The maximum Gasteiger partial charge on any atom is 0.272 e. The van der Waals surface area contributed by atoms with Gasteiger partial charge >= 0.3 is 0 Å². The van der Waals surface area contributed by atoms with Crippen LogP contribution in [0.4, 0.5) is 0 Å². The molecule has 0 N–H and O–H groups in total. The van der Waals surface area contributed by atoms with Gasteiger partial charge in [-0.25, -0.2) is 4.98 Å². The zero-order valence-corrected chi connectivity index (χ0v) is 17.2. The van der Waals surface area contributed by atoms with Crippen molar-refractivity contribution in [1.29, 1.82) is 0 Å². The first-order valence-corrected chi connectivity index (χ1v) is 10.8. The van der Waals surface area contributed by atoms with Gasteiger partial charge in [-0.3, -0.25) is 14.3 Å². The Morgan fingerprint density at radius 3 is 2.60 bits per heavy atom. The summed E-state index contributed by atoms with van der Waals surface area (Å²) in [6, 6.07) is 9.87. The predicted octanol–water partition coefficient (Wildman–Crippen LogP) is 2.15. The Labute approximate surface area is 176 Å². The number of aromatic nitrogens is 5. The van der Waals surface area contributed by atoms with Gasteiger partial charge in [-0.2, -0.15) is 0 Å². The molecule has 0 unspecified atom stereocenters. The third-order valence-electron chi connectivity index (χ3n) is 6.10. The zero-order valence-electron chi connectivity index (χ0n) is 17.2. The van der Waals surface area contributed by atoms with Gasteiger partial charge in [0.2, 0.25) is 0 Å². The van der Waals surface area contributed by atoms with Crippen molar-refractivity contribution >= 4 is 5.91 Å². The van der Waals surface area contributed by atoms with E-state index in [1.165, 1.54) is 19.3 Å². The highest BCUT2D eigenvalue weighted by Gasteiger charge is 2.26. The topological polar surface area (TPSA) is 72.1 Å². The van der Waals surface area contributed by atoms with Crippen LogP contribution in [0.2, 0.25) is 0 Å². The van der Waals surface area contributed by atoms with Crippen molar-refractivity contribution in [2.75, 3.05) is 26.2 Å². The number of piperazine rings is 1. The summed E-state index contributed by atoms with van der Waals surface area (Å²) in [5.74, 6) is 2.23. The number of imidazole rings is 1. The Balaban J connectivity index is 1.23. The summed E-state index contributed by atoms with van der Waals surface area (Å²) in [6.45, 7) is 4.93. The highest BCUT2D eigenvalue weighted by Crippen LogP contribution is 2.18. The van der Waals surface area contributed by atoms with E-state index in [4.69, 9.17) is 0 Å². The van der Waals surface area contributed by atoms with E-state index in [0.717, 1.165) is 49.9 Å². The standard InChI is InChI=1S/C22H27N7O/c30-22(19-15-23-17-29(19)18-7-3-1-4-8-18)27-13-11-26(12-14-27)16-21-25-24-20-9-5-2-6-10-28(20)21/h1,3-4,7-8,15,17H,2,5-6,9-14,16H2. The molecule has 0 spiro atoms. The Morgan fingerprint density at radius 1 is 0.933 bits per heavy atom. The average molecular weight is 406 g/mol. The quantitative estimate of drug-likeness (QED) is 0.665. The van der Waals surface area contributed by atoms with E-state index in [0.29, 0.717) is 18.8 Å². The lowest BCUT2D eigenvalue weighted by Crippen LogP contribution is -2.48. The second-order valence-electron chi connectivity index (χ2n) is 8.05. The molecule has 0 bridgehead atoms. The van der Waals surface area contributed by atoms with Crippen molar-refractivity contribution in [2.24, 2.45) is 0 Å². The van der Waals surface area contributed by atoms with Crippen LogP contribution in [0.3, 0.4) is 0 Å². The third kappa shape index (κ3) is 3.75. The summed E-state index contributed by atoms with van der Waals surface area (Å²) < 4.78 is 4.17. The lowest BCUT2D eigenvalue weighted by atomic mass is 10.2. The highest BCUT2D eigenvalue weighted by atomic mass is 16.2. The number of rotatable bonds is 4. The second-order valence-corrected chi connectivity index (χ2v) is 8.05. The van der Waals surface area contributed by atoms with Gasteiger partial charge < -0.3 is 9.47 Å². The molecule has 0 aliphatic carbocycles. The summed E-state index contributed by atoms with van der Waals surface area (Å²) >= 11 is 0. The van der Waals surface area contributed by atoms with Crippen LogP contribution in [0.15, 0.2) is 42.9 Å². The van der Waals surface area contributed by atoms with Crippen LogP contribution in [0.1, 0.15) is 41.4 Å². The van der Waals surface area contributed by atoms with E-state index in [2.05, 4.69) is 24.6 Å². The van der Waals surface area contributed by atoms with E-state index in [9.17, 15) is 4.79 Å². The average Bonchev–Trinajstić information content (AvgIpc) is 3.35. The van der Waals surface area contributed by atoms with Gasteiger partial charge in [0.1, 0.15) is 17.3 Å². The van der Waals surface area contributed by atoms with Crippen LogP contribution in [0.25, 0.3) is 5.69 Å². The van der Waals surface area contributed by atoms with Crippen molar-refractivity contribution in [1.82, 2.24) is 34.1 Å². The Morgan fingerprint density at radius 2 is 1.77 bits per heavy atom. The molecule has 0 saturated carbocycles. The SMILES string of the molecule is O=C(c1cncn1-c1ccccc1)N1CCN(Cc2nnc3n2CCCCC3)CC1. The number of carbonyl (C=O) groups excluding carboxylic acids is 1. The molecule has 2 aliphatic rings. The number of benzene rings is 1. The highest BCUT2D eigenvalue weighted by molar-refractivity contribution is 5.93. The molecule has 3 aromatic rings. The molecule has 4 heterocycles. The monoisotopic (exact) mass is 405 g/mol. The van der Waals surface area contributed by atoms with Crippen molar-refractivity contribution in [3.05, 3.63) is 60.2 Å². The number of amides is 1. The fraction of sp³-hybridized carbons (Fsp3) is 0.455. The Kier molecular flexibility index (Phi) is 5.31. The van der Waals surface area contributed by atoms with Gasteiger partial charge in [0.15, 0.2) is 0 Å². The van der Waals surface area contributed by atoms with Crippen molar-refractivity contribution < 1.29 is 4.79 Å². The van der Waals surface area contributed by atoms with Crippen LogP contribution in [-0.4, -0.2) is 66.2 Å². The van der Waals surface area contributed by atoms with Crippen LogP contribution in [-0.2, 0) is 19.5 Å². The molecule has 0 atom stereocenters. The summed E-state index contributed by atoms with van der Waals surface area (Å²) in [7, 11) is 0. The molecule has 1 fully saturated rings. The third-order valence-corrected chi connectivity index (χ3v) is 6.10. The Hall–Kier alpha value is -3.00. The van der Waals surface area contributed by atoms with Crippen LogP contribution < -0.4 is 0 Å². The number of para-hydroxylation sites is 1. The number of carbonyl (C=O) groups is 1. The maximum atomic E-state index is 13.1. The summed E-state index contributed by atoms with van der Waals surface area (Å²) in [5.41, 5.74) is 1.56. The van der Waals surface area contributed by atoms with Gasteiger partial charge in [-0.05, 0) is 25.0 Å². The van der Waals surface area contributed by atoms with E-state index in [-0.39, 0.29) is 5.91 Å². The van der Waals surface area contributed by atoms with Crippen molar-refractivity contribution in [2.45, 2.75) is 38.8 Å². The zero-order chi connectivity index (χ0) is 20.3. The van der Waals surface area contributed by atoms with Gasteiger partial charge in [0.25, 0.3) is 5.91 Å². The van der Waals surface area contributed by atoms with E-state index in [1.54, 1.807) is 12.5 Å². The molecule has 2 aromatic heterocycles. The molecule has 8 heteroatoms. The molecule has 0 radical (unpaired) electrons. The molecule has 5 rings (SSSR count). The normalized spacial score (nSPS) is 17.5. The van der Waals surface area contributed by atoms with Gasteiger partial charge in [0, 0.05) is 44.8 Å². The Bertz CT molecular complexity index is 1000. The van der Waals surface area contributed by atoms with Crippen molar-refractivity contribution in [3.8, 4) is 5.69 Å². The summed E-state index contributed by atoms with van der Waals surface area (Å²) in [5, 5.41) is 8.86. The second kappa shape index (κ2) is 8.39. The predicted molar refractivity (Wildman–Crippen MR) is 112 cm³/mol. The van der Waals surface area contributed by atoms with Gasteiger partial charge in [-0.15, -0.1) is 10.2 Å². The molecule has 156 valence electrons. The fourth-order valence-corrected chi connectivity index (χ4v) is 4.38. The van der Waals surface area contributed by atoms with Gasteiger partial charge in [0.05, 0.1) is 19.1 Å². The minimum absolute atomic E-state index is 0.0346. The van der Waals surface area contributed by atoms with E-state index in [1.807, 2.05) is 39.8 Å². The summed E-state index contributed by atoms with van der Waals surface area (Å²) in [6.07, 6.45) is 8.07.